The molecule has 0 fully saturated rings. The summed E-state index contributed by atoms with van der Waals surface area (Å²) in [5, 5.41) is 3.08. The number of hydrogen-bond donors (Lipinski definition) is 1. The van der Waals surface area contributed by atoms with Crippen molar-refractivity contribution in [2.75, 3.05) is 5.32 Å². The van der Waals surface area contributed by atoms with Gasteiger partial charge in [0.05, 0.1) is 22.0 Å². The van der Waals surface area contributed by atoms with Crippen molar-refractivity contribution in [2.45, 2.75) is 38.6 Å². The summed E-state index contributed by atoms with van der Waals surface area (Å²) >= 11 is 0. The Labute approximate surface area is 162 Å². The molecule has 0 radical (unpaired) electrons. The SMILES string of the molecule is CCc1nc(C)c(-c2ccnc(Nc3ccc(S(=O)(=O)Cl)cc3)n2)n1CC. The normalized spacial score (nSPS) is 11.6. The molecule has 0 saturated carbocycles. The van der Waals surface area contributed by atoms with E-state index in [9.17, 15) is 8.42 Å². The third-order valence-electron chi connectivity index (χ3n) is 4.14. The lowest BCUT2D eigenvalue weighted by molar-refractivity contribution is 0.609. The minimum atomic E-state index is -3.74. The molecule has 3 rings (SSSR count). The van der Waals surface area contributed by atoms with Crippen LogP contribution < -0.4 is 5.32 Å². The van der Waals surface area contributed by atoms with E-state index in [1.807, 2.05) is 13.0 Å². The molecule has 27 heavy (non-hydrogen) atoms. The van der Waals surface area contributed by atoms with Gasteiger partial charge in [-0.1, -0.05) is 6.92 Å². The molecule has 0 spiro atoms. The van der Waals surface area contributed by atoms with E-state index in [1.54, 1.807) is 18.3 Å². The van der Waals surface area contributed by atoms with Gasteiger partial charge >= 0.3 is 0 Å². The molecule has 0 aliphatic rings. The fourth-order valence-corrected chi connectivity index (χ4v) is 3.72. The molecule has 142 valence electrons. The van der Waals surface area contributed by atoms with Crippen LogP contribution in [0, 0.1) is 6.92 Å². The summed E-state index contributed by atoms with van der Waals surface area (Å²) in [5.41, 5.74) is 3.34. The van der Waals surface area contributed by atoms with E-state index in [4.69, 9.17) is 10.7 Å². The Bertz CT molecular complexity index is 1060. The Hall–Kier alpha value is -2.45. The molecule has 0 aliphatic heterocycles. The van der Waals surface area contributed by atoms with E-state index in [1.165, 1.54) is 12.1 Å². The van der Waals surface area contributed by atoms with Gasteiger partial charge in [-0.25, -0.2) is 23.4 Å². The van der Waals surface area contributed by atoms with Crippen LogP contribution in [0.2, 0.25) is 0 Å². The molecular formula is C18H20ClN5O2S. The largest absolute Gasteiger partial charge is 0.327 e. The van der Waals surface area contributed by atoms with Crippen molar-refractivity contribution in [2.24, 2.45) is 0 Å². The van der Waals surface area contributed by atoms with Gasteiger partial charge in [0.1, 0.15) is 5.82 Å². The topological polar surface area (TPSA) is 89.8 Å². The summed E-state index contributed by atoms with van der Waals surface area (Å²) in [4.78, 5) is 13.5. The molecule has 2 aromatic heterocycles. The number of halogens is 1. The monoisotopic (exact) mass is 405 g/mol. The second-order valence-electron chi connectivity index (χ2n) is 5.91. The molecule has 7 nitrogen and oxygen atoms in total. The summed E-state index contributed by atoms with van der Waals surface area (Å²) in [6.45, 7) is 6.94. The van der Waals surface area contributed by atoms with Gasteiger partial charge in [-0.2, -0.15) is 0 Å². The quantitative estimate of drug-likeness (QED) is 0.625. The highest BCUT2D eigenvalue weighted by Crippen LogP contribution is 2.25. The first-order chi connectivity index (χ1) is 12.8. The maximum absolute atomic E-state index is 11.3. The van der Waals surface area contributed by atoms with E-state index in [-0.39, 0.29) is 4.90 Å². The lowest BCUT2D eigenvalue weighted by Crippen LogP contribution is -2.05. The van der Waals surface area contributed by atoms with Gasteiger partial charge in [0.2, 0.25) is 5.95 Å². The first kappa shape index (κ1) is 19.3. The number of anilines is 2. The zero-order valence-corrected chi connectivity index (χ0v) is 16.8. The standard InChI is InChI=1S/C18H20ClN5O2S/c1-4-16-21-12(3)17(24(16)5-2)15-10-11-20-18(23-15)22-13-6-8-14(9-7-13)27(19,25)26/h6-11H,4-5H2,1-3H3,(H,20,22,23). The Morgan fingerprint density at radius 3 is 2.41 bits per heavy atom. The predicted molar refractivity (Wildman–Crippen MR) is 106 cm³/mol. The number of rotatable bonds is 6. The minimum Gasteiger partial charge on any atom is -0.327 e. The molecule has 0 bridgehead atoms. The number of nitrogens with zero attached hydrogens (tertiary/aromatic N) is 4. The number of benzene rings is 1. The Morgan fingerprint density at radius 1 is 1.11 bits per heavy atom. The second-order valence-corrected chi connectivity index (χ2v) is 8.48. The average molecular weight is 406 g/mol. The molecule has 0 saturated heterocycles. The van der Waals surface area contributed by atoms with E-state index < -0.39 is 9.05 Å². The first-order valence-electron chi connectivity index (χ1n) is 8.54. The number of aromatic nitrogens is 4. The van der Waals surface area contributed by atoms with Crippen LogP contribution in [0.3, 0.4) is 0 Å². The van der Waals surface area contributed by atoms with Crippen LogP contribution in [0.5, 0.6) is 0 Å². The third-order valence-corrected chi connectivity index (χ3v) is 5.51. The molecule has 1 aromatic carbocycles. The molecular weight excluding hydrogens is 386 g/mol. The van der Waals surface area contributed by atoms with E-state index in [0.717, 1.165) is 35.9 Å². The zero-order chi connectivity index (χ0) is 19.6. The van der Waals surface area contributed by atoms with Gasteiger partial charge in [0.25, 0.3) is 9.05 Å². The first-order valence-corrected chi connectivity index (χ1v) is 10.9. The van der Waals surface area contributed by atoms with Gasteiger partial charge in [0, 0.05) is 35.5 Å². The second kappa shape index (κ2) is 7.66. The van der Waals surface area contributed by atoms with Gasteiger partial charge in [0.15, 0.2) is 0 Å². The Morgan fingerprint density at radius 2 is 1.81 bits per heavy atom. The van der Waals surface area contributed by atoms with Crippen molar-refractivity contribution in [3.05, 3.63) is 48.0 Å². The highest BCUT2D eigenvalue weighted by molar-refractivity contribution is 8.13. The summed E-state index contributed by atoms with van der Waals surface area (Å²) in [5.74, 6) is 1.44. The van der Waals surface area contributed by atoms with Crippen molar-refractivity contribution in [3.8, 4) is 11.4 Å². The molecule has 9 heteroatoms. The van der Waals surface area contributed by atoms with E-state index >= 15 is 0 Å². The van der Waals surface area contributed by atoms with Crippen molar-refractivity contribution in [3.63, 3.8) is 0 Å². The minimum absolute atomic E-state index is 0.0407. The van der Waals surface area contributed by atoms with Crippen LogP contribution in [0.4, 0.5) is 11.6 Å². The highest BCUT2D eigenvalue weighted by atomic mass is 35.7. The average Bonchev–Trinajstić information content (AvgIpc) is 2.97. The fraction of sp³-hybridized carbons (Fsp3) is 0.278. The summed E-state index contributed by atoms with van der Waals surface area (Å²) in [7, 11) is 1.59. The van der Waals surface area contributed by atoms with Gasteiger partial charge < -0.3 is 9.88 Å². The Kier molecular flexibility index (Phi) is 5.48. The highest BCUT2D eigenvalue weighted by Gasteiger charge is 2.16. The van der Waals surface area contributed by atoms with Crippen molar-refractivity contribution in [1.29, 1.82) is 0 Å². The van der Waals surface area contributed by atoms with E-state index in [2.05, 4.69) is 38.7 Å². The maximum Gasteiger partial charge on any atom is 0.261 e. The van der Waals surface area contributed by atoms with Crippen LogP contribution in [-0.4, -0.2) is 27.9 Å². The van der Waals surface area contributed by atoms with Crippen LogP contribution >= 0.6 is 10.7 Å². The van der Waals surface area contributed by atoms with Gasteiger partial charge in [-0.05, 0) is 44.2 Å². The molecule has 0 aliphatic carbocycles. The molecule has 3 aromatic rings. The lowest BCUT2D eigenvalue weighted by Gasteiger charge is -2.10. The zero-order valence-electron chi connectivity index (χ0n) is 15.3. The van der Waals surface area contributed by atoms with Crippen molar-refractivity contribution >= 4 is 31.4 Å². The van der Waals surface area contributed by atoms with Crippen molar-refractivity contribution in [1.82, 2.24) is 19.5 Å². The molecule has 1 N–H and O–H groups in total. The molecule has 0 unspecified atom stereocenters. The number of nitrogens with one attached hydrogen (secondary N) is 1. The number of imidazole rings is 1. The molecule has 2 heterocycles. The smallest absolute Gasteiger partial charge is 0.261 e. The number of hydrogen-bond acceptors (Lipinski definition) is 6. The van der Waals surface area contributed by atoms with Crippen LogP contribution in [0.15, 0.2) is 41.4 Å². The van der Waals surface area contributed by atoms with Gasteiger partial charge in [-0.15, -0.1) is 0 Å². The summed E-state index contributed by atoms with van der Waals surface area (Å²) in [6, 6.07) is 7.94. The van der Waals surface area contributed by atoms with Crippen molar-refractivity contribution < 1.29 is 8.42 Å². The third kappa shape index (κ3) is 4.12. The lowest BCUT2D eigenvalue weighted by atomic mass is 10.2. The summed E-state index contributed by atoms with van der Waals surface area (Å²) < 4.78 is 24.8. The number of aryl methyl sites for hydroxylation is 2. The van der Waals surface area contributed by atoms with Crippen LogP contribution in [-0.2, 0) is 22.0 Å². The molecule has 0 amide bonds. The predicted octanol–water partition coefficient (Wildman–Crippen LogP) is 3.90. The van der Waals surface area contributed by atoms with E-state index in [0.29, 0.717) is 11.6 Å². The fourth-order valence-electron chi connectivity index (χ4n) is 2.95. The van der Waals surface area contributed by atoms with Gasteiger partial charge in [-0.3, -0.25) is 0 Å². The molecule has 0 atom stereocenters. The van der Waals surface area contributed by atoms with Crippen LogP contribution in [0.1, 0.15) is 25.4 Å². The summed E-state index contributed by atoms with van der Waals surface area (Å²) in [6.07, 6.45) is 2.53. The van der Waals surface area contributed by atoms with Crippen LogP contribution in [0.25, 0.3) is 11.4 Å². The maximum atomic E-state index is 11.3. The Balaban J connectivity index is 1.92.